The van der Waals surface area contributed by atoms with Gasteiger partial charge >= 0.3 is 0 Å². The topological polar surface area (TPSA) is 12.0 Å². The Balaban J connectivity index is 2.49. The summed E-state index contributed by atoms with van der Waals surface area (Å²) >= 11 is 8.04. The molecule has 0 unspecified atom stereocenters. The molecule has 0 atom stereocenters. The minimum Gasteiger partial charge on any atom is -0.311 e. The molecule has 1 N–H and O–H groups in total. The van der Waals surface area contributed by atoms with E-state index in [1.54, 1.807) is 0 Å². The van der Waals surface area contributed by atoms with Gasteiger partial charge in [-0.05, 0) is 44.2 Å². The van der Waals surface area contributed by atoms with Crippen LogP contribution in [0.2, 0.25) is 5.02 Å². The zero-order chi connectivity index (χ0) is 12.2. The van der Waals surface area contributed by atoms with E-state index >= 15 is 0 Å². The van der Waals surface area contributed by atoms with Gasteiger partial charge in [-0.25, -0.2) is 0 Å². The number of rotatable bonds is 5. The summed E-state index contributed by atoms with van der Waals surface area (Å²) in [6.07, 6.45) is 2.14. The molecule has 1 rings (SSSR count). The van der Waals surface area contributed by atoms with Crippen LogP contribution in [-0.4, -0.2) is 17.5 Å². The molecule has 3 heteroatoms. The summed E-state index contributed by atoms with van der Waals surface area (Å²) in [5.74, 6) is 0. The van der Waals surface area contributed by atoms with Crippen LogP contribution in [0.3, 0.4) is 0 Å². The number of aryl methyl sites for hydroxylation is 1. The van der Waals surface area contributed by atoms with Crippen LogP contribution in [0, 0.1) is 6.92 Å². The molecule has 0 amide bonds. The Hall–Kier alpha value is -0.180. The predicted octanol–water partition coefficient (Wildman–Crippen LogP) is 3.88. The standard InChI is InChI=1S/C13H20ClNS/c1-10-5-6-11(12(14)7-10)8-15-9-13(2,3)16-4/h5-7,15H,8-9H2,1-4H3. The van der Waals surface area contributed by atoms with Gasteiger partial charge in [0.2, 0.25) is 0 Å². The van der Waals surface area contributed by atoms with Crippen LogP contribution in [0.1, 0.15) is 25.0 Å². The Morgan fingerprint density at radius 1 is 1.38 bits per heavy atom. The van der Waals surface area contributed by atoms with Gasteiger partial charge in [0.15, 0.2) is 0 Å². The first-order valence-corrected chi connectivity index (χ1v) is 7.06. The smallest absolute Gasteiger partial charge is 0.0453 e. The molecule has 0 spiro atoms. The predicted molar refractivity (Wildman–Crippen MR) is 75.5 cm³/mol. The zero-order valence-corrected chi connectivity index (χ0v) is 12.0. The second-order valence-corrected chi connectivity index (χ2v) is 6.58. The van der Waals surface area contributed by atoms with Crippen LogP contribution in [0.5, 0.6) is 0 Å². The number of hydrogen-bond donors (Lipinski definition) is 1. The first-order chi connectivity index (χ1) is 7.44. The lowest BCUT2D eigenvalue weighted by molar-refractivity contribution is 0.591. The van der Waals surface area contributed by atoms with Crippen molar-refractivity contribution in [3.8, 4) is 0 Å². The fourth-order valence-electron chi connectivity index (χ4n) is 1.37. The molecule has 90 valence electrons. The zero-order valence-electron chi connectivity index (χ0n) is 10.4. The van der Waals surface area contributed by atoms with E-state index in [9.17, 15) is 0 Å². The molecule has 0 radical (unpaired) electrons. The van der Waals surface area contributed by atoms with Gasteiger partial charge in [-0.2, -0.15) is 11.8 Å². The van der Waals surface area contributed by atoms with Crippen molar-refractivity contribution in [3.63, 3.8) is 0 Å². The fraction of sp³-hybridized carbons (Fsp3) is 0.538. The first-order valence-electron chi connectivity index (χ1n) is 5.45. The maximum atomic E-state index is 6.17. The van der Waals surface area contributed by atoms with Crippen LogP contribution in [-0.2, 0) is 6.54 Å². The van der Waals surface area contributed by atoms with E-state index in [1.807, 2.05) is 17.8 Å². The second-order valence-electron chi connectivity index (χ2n) is 4.66. The normalized spacial score (nSPS) is 11.8. The summed E-state index contributed by atoms with van der Waals surface area (Å²) in [6.45, 7) is 8.35. The Labute approximate surface area is 108 Å². The Kier molecular flexibility index (Phi) is 5.16. The minimum absolute atomic E-state index is 0.275. The molecule has 1 aromatic rings. The molecule has 1 aromatic carbocycles. The van der Waals surface area contributed by atoms with Gasteiger partial charge in [-0.15, -0.1) is 0 Å². The monoisotopic (exact) mass is 257 g/mol. The third kappa shape index (κ3) is 4.36. The molecule has 0 fully saturated rings. The number of benzene rings is 1. The van der Waals surface area contributed by atoms with Gasteiger partial charge in [-0.3, -0.25) is 0 Å². The lowest BCUT2D eigenvalue weighted by atomic mass is 10.1. The highest BCUT2D eigenvalue weighted by atomic mass is 35.5. The summed E-state index contributed by atoms with van der Waals surface area (Å²) < 4.78 is 0.275. The van der Waals surface area contributed by atoms with Crippen molar-refractivity contribution in [2.75, 3.05) is 12.8 Å². The summed E-state index contributed by atoms with van der Waals surface area (Å²) in [7, 11) is 0. The van der Waals surface area contributed by atoms with Crippen molar-refractivity contribution in [2.24, 2.45) is 0 Å². The fourth-order valence-corrected chi connectivity index (χ4v) is 1.91. The number of hydrogen-bond acceptors (Lipinski definition) is 2. The quantitative estimate of drug-likeness (QED) is 0.859. The summed E-state index contributed by atoms with van der Waals surface area (Å²) in [5, 5.41) is 4.30. The maximum absolute atomic E-state index is 6.17. The molecule has 0 heterocycles. The van der Waals surface area contributed by atoms with Crippen LogP contribution >= 0.6 is 23.4 Å². The van der Waals surface area contributed by atoms with Crippen LogP contribution < -0.4 is 5.32 Å². The summed E-state index contributed by atoms with van der Waals surface area (Å²) in [4.78, 5) is 0. The molecule has 0 aliphatic heterocycles. The van der Waals surface area contributed by atoms with Gasteiger partial charge < -0.3 is 5.32 Å². The average Bonchev–Trinajstić information content (AvgIpc) is 2.21. The Bertz CT molecular complexity index is 350. The molecule has 16 heavy (non-hydrogen) atoms. The third-order valence-electron chi connectivity index (χ3n) is 2.63. The van der Waals surface area contributed by atoms with Crippen LogP contribution in [0.4, 0.5) is 0 Å². The summed E-state index contributed by atoms with van der Waals surface area (Å²) in [5.41, 5.74) is 2.38. The molecule has 0 aliphatic rings. The van der Waals surface area contributed by atoms with Gasteiger partial charge in [0.25, 0.3) is 0 Å². The van der Waals surface area contributed by atoms with E-state index in [0.29, 0.717) is 0 Å². The lowest BCUT2D eigenvalue weighted by Gasteiger charge is -2.22. The highest BCUT2D eigenvalue weighted by molar-refractivity contribution is 7.99. The van der Waals surface area contributed by atoms with E-state index in [1.165, 1.54) is 11.1 Å². The molecule has 0 aromatic heterocycles. The van der Waals surface area contributed by atoms with Crippen molar-refractivity contribution >= 4 is 23.4 Å². The molecule has 1 nitrogen and oxygen atoms in total. The van der Waals surface area contributed by atoms with Gasteiger partial charge in [0, 0.05) is 22.9 Å². The molecular weight excluding hydrogens is 238 g/mol. The number of thioether (sulfide) groups is 1. The molecular formula is C13H20ClNS. The molecule has 0 saturated heterocycles. The van der Waals surface area contributed by atoms with E-state index in [-0.39, 0.29) is 4.75 Å². The number of nitrogens with one attached hydrogen (secondary N) is 1. The average molecular weight is 258 g/mol. The van der Waals surface area contributed by atoms with Crippen LogP contribution in [0.25, 0.3) is 0 Å². The molecule has 0 bridgehead atoms. The van der Waals surface area contributed by atoms with Crippen molar-refractivity contribution in [2.45, 2.75) is 32.1 Å². The highest BCUT2D eigenvalue weighted by Gasteiger charge is 2.14. The maximum Gasteiger partial charge on any atom is 0.0453 e. The second kappa shape index (κ2) is 5.95. The minimum atomic E-state index is 0.275. The number of halogens is 1. The van der Waals surface area contributed by atoms with Crippen LogP contribution in [0.15, 0.2) is 18.2 Å². The van der Waals surface area contributed by atoms with Gasteiger partial charge in [0.1, 0.15) is 0 Å². The van der Waals surface area contributed by atoms with E-state index < -0.39 is 0 Å². The lowest BCUT2D eigenvalue weighted by Crippen LogP contribution is -2.31. The summed E-state index contributed by atoms with van der Waals surface area (Å²) in [6, 6.07) is 6.21. The Morgan fingerprint density at radius 3 is 2.62 bits per heavy atom. The SMILES string of the molecule is CSC(C)(C)CNCc1ccc(C)cc1Cl. The van der Waals surface area contributed by atoms with E-state index in [4.69, 9.17) is 11.6 Å². The molecule has 0 aliphatic carbocycles. The Morgan fingerprint density at radius 2 is 2.06 bits per heavy atom. The highest BCUT2D eigenvalue weighted by Crippen LogP contribution is 2.21. The molecule has 0 saturated carbocycles. The third-order valence-corrected chi connectivity index (χ3v) is 4.23. The van der Waals surface area contributed by atoms with Crippen molar-refractivity contribution < 1.29 is 0 Å². The van der Waals surface area contributed by atoms with E-state index in [0.717, 1.165) is 18.1 Å². The van der Waals surface area contributed by atoms with Crippen molar-refractivity contribution in [3.05, 3.63) is 34.3 Å². The van der Waals surface area contributed by atoms with Crippen molar-refractivity contribution in [1.29, 1.82) is 0 Å². The largest absolute Gasteiger partial charge is 0.311 e. The first kappa shape index (κ1) is 13.9. The van der Waals surface area contributed by atoms with Gasteiger partial charge in [0.05, 0.1) is 0 Å². The van der Waals surface area contributed by atoms with E-state index in [2.05, 4.69) is 44.5 Å². The van der Waals surface area contributed by atoms with Gasteiger partial charge in [-0.1, -0.05) is 23.7 Å². The van der Waals surface area contributed by atoms with Crippen molar-refractivity contribution in [1.82, 2.24) is 5.32 Å².